The number of nitrogens with two attached hydrogens (primary N) is 1. The molecule has 0 aliphatic carbocycles. The predicted octanol–water partition coefficient (Wildman–Crippen LogP) is -0.681. The normalized spacial score (nSPS) is 40.2. The number of quaternary nitrogens is 1. The van der Waals surface area contributed by atoms with Crippen LogP contribution in [0.1, 0.15) is 6.92 Å². The van der Waals surface area contributed by atoms with Gasteiger partial charge in [-0.05, 0) is 6.92 Å². The van der Waals surface area contributed by atoms with Gasteiger partial charge in [-0.2, -0.15) is 0 Å². The van der Waals surface area contributed by atoms with Crippen molar-refractivity contribution < 1.29 is 9.28 Å². The van der Waals surface area contributed by atoms with E-state index in [0.29, 0.717) is 4.48 Å². The predicted molar refractivity (Wildman–Crippen MR) is 34.6 cm³/mol. The maximum Gasteiger partial charge on any atom is 0.336 e. The van der Waals surface area contributed by atoms with Crippen LogP contribution in [-0.2, 0) is 4.79 Å². The lowest BCUT2D eigenvalue weighted by Crippen LogP contribution is -2.75. The number of hydrogen-bond donors (Lipinski definition) is 1. The Balaban J connectivity index is 2.73. The molecule has 0 saturated carbocycles. The number of likely N-dealkylation sites (tertiary alicyclic amines) is 1. The molecule has 2 N–H and O–H groups in total. The van der Waals surface area contributed by atoms with E-state index < -0.39 is 0 Å². The van der Waals surface area contributed by atoms with Gasteiger partial charge in [0, 0.05) is 0 Å². The van der Waals surface area contributed by atoms with E-state index in [4.69, 9.17) is 5.73 Å². The molecular formula is C6H13N2O+. The average molecular weight is 129 g/mol. The highest BCUT2D eigenvalue weighted by Gasteiger charge is 2.53. The Morgan fingerprint density at radius 3 is 2.11 bits per heavy atom. The van der Waals surface area contributed by atoms with Crippen LogP contribution in [0.15, 0.2) is 0 Å². The maximum atomic E-state index is 10.9. The second-order valence-corrected chi connectivity index (χ2v) is 3.14. The van der Waals surface area contributed by atoms with Crippen molar-refractivity contribution in [3.8, 4) is 0 Å². The number of hydrogen-bond acceptors (Lipinski definition) is 2. The third-order valence-corrected chi connectivity index (χ3v) is 2.39. The molecule has 2 atom stereocenters. The largest absolute Gasteiger partial charge is 0.336 e. The van der Waals surface area contributed by atoms with E-state index in [-0.39, 0.29) is 18.0 Å². The molecule has 1 aliphatic rings. The summed E-state index contributed by atoms with van der Waals surface area (Å²) in [5.74, 6) is 0.141. The van der Waals surface area contributed by atoms with Crippen molar-refractivity contribution in [3.05, 3.63) is 0 Å². The van der Waals surface area contributed by atoms with Crippen molar-refractivity contribution in [2.45, 2.75) is 19.0 Å². The molecule has 2 unspecified atom stereocenters. The van der Waals surface area contributed by atoms with Crippen LogP contribution < -0.4 is 5.73 Å². The van der Waals surface area contributed by atoms with Crippen LogP contribution in [0, 0.1) is 0 Å². The van der Waals surface area contributed by atoms with E-state index in [9.17, 15) is 4.79 Å². The molecule has 0 spiro atoms. The van der Waals surface area contributed by atoms with Gasteiger partial charge in [0.25, 0.3) is 0 Å². The van der Waals surface area contributed by atoms with Crippen LogP contribution in [0.2, 0.25) is 0 Å². The third kappa shape index (κ3) is 0.618. The van der Waals surface area contributed by atoms with Crippen molar-refractivity contribution in [2.24, 2.45) is 5.73 Å². The Hall–Kier alpha value is -0.410. The second-order valence-electron chi connectivity index (χ2n) is 3.14. The first-order chi connectivity index (χ1) is 3.98. The smallest absolute Gasteiger partial charge is 0.311 e. The first-order valence-electron chi connectivity index (χ1n) is 3.11. The Labute approximate surface area is 55.0 Å². The highest BCUT2D eigenvalue weighted by Crippen LogP contribution is 2.22. The van der Waals surface area contributed by atoms with Crippen LogP contribution in [0.25, 0.3) is 0 Å². The minimum absolute atomic E-state index is 0.141. The topological polar surface area (TPSA) is 43.1 Å². The summed E-state index contributed by atoms with van der Waals surface area (Å²) in [5, 5.41) is 0. The lowest BCUT2D eigenvalue weighted by atomic mass is 9.95. The standard InChI is InChI=1S/C6H13N2O/c1-4-5(7)6(9)8(4,2)3/h4-5H,7H2,1-3H3/q+1. The van der Waals surface area contributed by atoms with Gasteiger partial charge in [0.2, 0.25) is 0 Å². The van der Waals surface area contributed by atoms with Gasteiger partial charge in [0.15, 0.2) is 6.04 Å². The lowest BCUT2D eigenvalue weighted by molar-refractivity contribution is -0.869. The quantitative estimate of drug-likeness (QED) is 0.348. The zero-order valence-corrected chi connectivity index (χ0v) is 6.09. The molecule has 1 heterocycles. The highest BCUT2D eigenvalue weighted by atomic mass is 16.2. The minimum Gasteiger partial charge on any atom is -0.311 e. The van der Waals surface area contributed by atoms with Crippen LogP contribution in [0.4, 0.5) is 0 Å². The van der Waals surface area contributed by atoms with Crippen LogP contribution in [0.5, 0.6) is 0 Å². The van der Waals surface area contributed by atoms with Crippen molar-refractivity contribution in [1.29, 1.82) is 0 Å². The van der Waals surface area contributed by atoms with Gasteiger partial charge >= 0.3 is 5.91 Å². The summed E-state index contributed by atoms with van der Waals surface area (Å²) in [7, 11) is 3.77. The number of nitrogens with zero attached hydrogens (tertiary/aromatic N) is 1. The van der Waals surface area contributed by atoms with Gasteiger partial charge in [0.1, 0.15) is 6.04 Å². The van der Waals surface area contributed by atoms with Gasteiger partial charge in [-0.1, -0.05) is 0 Å². The van der Waals surface area contributed by atoms with E-state index in [1.54, 1.807) is 0 Å². The summed E-state index contributed by atoms with van der Waals surface area (Å²) in [6.45, 7) is 1.99. The summed E-state index contributed by atoms with van der Waals surface area (Å²) in [6.07, 6.45) is 0. The van der Waals surface area contributed by atoms with Crippen LogP contribution >= 0.6 is 0 Å². The van der Waals surface area contributed by atoms with E-state index in [0.717, 1.165) is 0 Å². The molecular weight excluding hydrogens is 116 g/mol. The minimum atomic E-state index is -0.222. The van der Waals surface area contributed by atoms with Crippen LogP contribution in [-0.4, -0.2) is 36.6 Å². The van der Waals surface area contributed by atoms with Crippen molar-refractivity contribution >= 4 is 5.91 Å². The zero-order valence-electron chi connectivity index (χ0n) is 6.09. The molecule has 0 aromatic rings. The fraction of sp³-hybridized carbons (Fsp3) is 0.833. The van der Waals surface area contributed by atoms with Crippen LogP contribution in [0.3, 0.4) is 0 Å². The SMILES string of the molecule is CC1C(N)C(=O)[N+]1(C)C. The average Bonchev–Trinajstić information content (AvgIpc) is 1.84. The Morgan fingerprint density at radius 2 is 2.00 bits per heavy atom. The first-order valence-corrected chi connectivity index (χ1v) is 3.11. The van der Waals surface area contributed by atoms with Gasteiger partial charge in [-0.25, -0.2) is 4.79 Å². The fourth-order valence-electron chi connectivity index (χ4n) is 1.11. The summed E-state index contributed by atoms with van der Waals surface area (Å²) >= 11 is 0. The molecule has 1 amide bonds. The highest BCUT2D eigenvalue weighted by molar-refractivity contribution is 5.80. The summed E-state index contributed by atoms with van der Waals surface area (Å²) in [4.78, 5) is 10.9. The Bertz CT molecular complexity index is 153. The number of carbonyl (C=O) groups is 1. The Kier molecular flexibility index (Phi) is 1.15. The molecule has 0 aromatic heterocycles. The zero-order chi connectivity index (χ0) is 7.23. The first kappa shape index (κ1) is 6.71. The number of amides is 1. The molecule has 1 fully saturated rings. The Morgan fingerprint density at radius 1 is 1.56 bits per heavy atom. The van der Waals surface area contributed by atoms with E-state index >= 15 is 0 Å². The molecule has 52 valence electrons. The molecule has 3 heteroatoms. The summed E-state index contributed by atoms with van der Waals surface area (Å²) in [6, 6.07) is 0.0671. The van der Waals surface area contributed by atoms with Gasteiger partial charge in [-0.15, -0.1) is 0 Å². The monoisotopic (exact) mass is 129 g/mol. The van der Waals surface area contributed by atoms with Crippen molar-refractivity contribution in [2.75, 3.05) is 14.1 Å². The molecule has 1 saturated heterocycles. The van der Waals surface area contributed by atoms with Gasteiger partial charge < -0.3 is 5.73 Å². The summed E-state index contributed by atoms with van der Waals surface area (Å²) in [5.41, 5.74) is 5.48. The second kappa shape index (κ2) is 1.55. The number of rotatable bonds is 0. The summed E-state index contributed by atoms with van der Waals surface area (Å²) < 4.78 is 0.446. The molecule has 3 nitrogen and oxygen atoms in total. The number of likely N-dealkylation sites (N-methyl/N-ethyl adjacent to an activating group) is 1. The fourth-order valence-corrected chi connectivity index (χ4v) is 1.11. The molecule has 1 rings (SSSR count). The van der Waals surface area contributed by atoms with Gasteiger partial charge in [-0.3, -0.25) is 4.48 Å². The molecule has 0 radical (unpaired) electrons. The number of β-lactam (4-membered cyclic amide) rings is 1. The molecule has 0 aromatic carbocycles. The van der Waals surface area contributed by atoms with E-state index in [1.807, 2.05) is 21.0 Å². The molecule has 1 aliphatic heterocycles. The molecule has 0 bridgehead atoms. The van der Waals surface area contributed by atoms with Crippen molar-refractivity contribution in [3.63, 3.8) is 0 Å². The number of carbonyl (C=O) groups excluding carboxylic acids is 1. The molecule has 9 heavy (non-hydrogen) atoms. The maximum absolute atomic E-state index is 10.9. The lowest BCUT2D eigenvalue weighted by Gasteiger charge is -2.45. The third-order valence-electron chi connectivity index (χ3n) is 2.39. The van der Waals surface area contributed by atoms with E-state index in [2.05, 4.69) is 0 Å². The van der Waals surface area contributed by atoms with Gasteiger partial charge in [0.05, 0.1) is 14.1 Å². The van der Waals surface area contributed by atoms with E-state index in [1.165, 1.54) is 0 Å². The van der Waals surface area contributed by atoms with Crippen molar-refractivity contribution in [1.82, 2.24) is 0 Å².